The first-order chi connectivity index (χ1) is 9.74. The van der Waals surface area contributed by atoms with Gasteiger partial charge in [-0.25, -0.2) is 19.2 Å². The zero-order chi connectivity index (χ0) is 13.7. The third-order valence-corrected chi connectivity index (χ3v) is 4.04. The van der Waals surface area contributed by atoms with Crippen molar-refractivity contribution in [3.63, 3.8) is 0 Å². The number of aromatic nitrogens is 6. The molecule has 0 amide bonds. The van der Waals surface area contributed by atoms with Crippen molar-refractivity contribution in [2.24, 2.45) is 7.05 Å². The monoisotopic (exact) mass is 284 g/mol. The van der Waals surface area contributed by atoms with E-state index in [1.165, 1.54) is 22.1 Å². The molecule has 1 aromatic carbocycles. The Bertz CT molecular complexity index is 965. The van der Waals surface area contributed by atoms with Gasteiger partial charge in [0.25, 0.3) is 0 Å². The maximum absolute atomic E-state index is 11.9. The Labute approximate surface area is 116 Å². The van der Waals surface area contributed by atoms with Crippen molar-refractivity contribution < 1.29 is 0 Å². The minimum atomic E-state index is -0.283. The van der Waals surface area contributed by atoms with Crippen molar-refractivity contribution >= 4 is 27.2 Å². The van der Waals surface area contributed by atoms with Crippen LogP contribution >= 0.6 is 11.3 Å². The van der Waals surface area contributed by atoms with Gasteiger partial charge >= 0.3 is 5.69 Å². The highest BCUT2D eigenvalue weighted by Crippen LogP contribution is 2.30. The summed E-state index contributed by atoms with van der Waals surface area (Å²) >= 11 is 1.52. The molecule has 0 saturated heterocycles. The molecule has 4 rings (SSSR count). The van der Waals surface area contributed by atoms with E-state index >= 15 is 0 Å². The van der Waals surface area contributed by atoms with Gasteiger partial charge in [-0.2, -0.15) is 4.68 Å². The summed E-state index contributed by atoms with van der Waals surface area (Å²) in [5.74, 6) is 0. The number of rotatable bonds is 1. The van der Waals surface area contributed by atoms with Gasteiger partial charge in [0, 0.05) is 7.05 Å². The van der Waals surface area contributed by atoms with Crippen LogP contribution in [0.4, 0.5) is 0 Å². The van der Waals surface area contributed by atoms with Gasteiger partial charge in [0.1, 0.15) is 17.0 Å². The number of thiazole rings is 1. The highest BCUT2D eigenvalue weighted by molar-refractivity contribution is 7.21. The van der Waals surface area contributed by atoms with Crippen molar-refractivity contribution in [1.82, 2.24) is 29.4 Å². The molecule has 0 fully saturated rings. The number of hydrogen-bond donors (Lipinski definition) is 0. The lowest BCUT2D eigenvalue weighted by molar-refractivity contribution is 0.607. The Hall–Kier alpha value is -2.61. The number of aryl methyl sites for hydroxylation is 1. The highest BCUT2D eigenvalue weighted by atomic mass is 32.1. The molecule has 0 radical (unpaired) electrons. The molecule has 7 nitrogen and oxygen atoms in total. The van der Waals surface area contributed by atoms with Crippen molar-refractivity contribution in [3.8, 4) is 10.7 Å². The molecule has 0 aliphatic carbocycles. The van der Waals surface area contributed by atoms with Gasteiger partial charge < -0.3 is 0 Å². The zero-order valence-corrected chi connectivity index (χ0v) is 11.2. The number of para-hydroxylation sites is 1. The topological polar surface area (TPSA) is 78.0 Å². The van der Waals surface area contributed by atoms with Gasteiger partial charge in [0.15, 0.2) is 5.65 Å². The Kier molecular flexibility index (Phi) is 2.21. The Morgan fingerprint density at radius 3 is 2.95 bits per heavy atom. The highest BCUT2D eigenvalue weighted by Gasteiger charge is 2.15. The van der Waals surface area contributed by atoms with E-state index in [-0.39, 0.29) is 5.69 Å². The standard InChI is InChI=1S/C12H8N6OS/c1-17-12(19)18-6-13-9(10(18)15-16-17)11-14-7-4-2-3-5-8(7)20-11/h2-6H,1H3. The van der Waals surface area contributed by atoms with E-state index in [2.05, 4.69) is 20.3 Å². The molecule has 98 valence electrons. The van der Waals surface area contributed by atoms with Crippen LogP contribution in [0.25, 0.3) is 26.6 Å². The molecule has 8 heteroatoms. The summed E-state index contributed by atoms with van der Waals surface area (Å²) in [6.45, 7) is 0. The first kappa shape index (κ1) is 11.2. The molecule has 0 unspecified atom stereocenters. The molecule has 0 saturated carbocycles. The van der Waals surface area contributed by atoms with Gasteiger partial charge in [-0.3, -0.25) is 0 Å². The van der Waals surface area contributed by atoms with E-state index in [9.17, 15) is 4.79 Å². The van der Waals surface area contributed by atoms with Gasteiger partial charge in [0.05, 0.1) is 10.2 Å². The molecule has 0 atom stereocenters. The van der Waals surface area contributed by atoms with Crippen LogP contribution in [0.3, 0.4) is 0 Å². The molecule has 3 heterocycles. The summed E-state index contributed by atoms with van der Waals surface area (Å²) in [6, 6.07) is 7.84. The first-order valence-electron chi connectivity index (χ1n) is 5.87. The van der Waals surface area contributed by atoms with Crippen LogP contribution in [0.5, 0.6) is 0 Å². The van der Waals surface area contributed by atoms with Gasteiger partial charge in [0.2, 0.25) is 0 Å². The summed E-state index contributed by atoms with van der Waals surface area (Å²) < 4.78 is 3.60. The lowest BCUT2D eigenvalue weighted by atomic mass is 10.3. The van der Waals surface area contributed by atoms with Crippen LogP contribution in [0.15, 0.2) is 35.4 Å². The molecule has 0 bridgehead atoms. The lowest BCUT2D eigenvalue weighted by Crippen LogP contribution is -2.26. The number of imidazole rings is 1. The molecular weight excluding hydrogens is 276 g/mol. The van der Waals surface area contributed by atoms with Gasteiger partial charge in [-0.1, -0.05) is 17.3 Å². The smallest absolute Gasteiger partial charge is 0.245 e. The van der Waals surface area contributed by atoms with Crippen molar-refractivity contribution in [1.29, 1.82) is 0 Å². The molecule has 0 aliphatic heterocycles. The SMILES string of the molecule is Cn1nnc2c(-c3nc4ccccc4s3)ncn2c1=O. The van der Waals surface area contributed by atoms with E-state index in [1.54, 1.807) is 7.05 Å². The number of nitrogens with zero attached hydrogens (tertiary/aromatic N) is 6. The Morgan fingerprint density at radius 2 is 2.10 bits per heavy atom. The maximum atomic E-state index is 11.9. The summed E-state index contributed by atoms with van der Waals surface area (Å²) in [7, 11) is 1.55. The molecule has 0 aliphatic rings. The third-order valence-electron chi connectivity index (χ3n) is 3.00. The summed E-state index contributed by atoms with van der Waals surface area (Å²) in [5, 5.41) is 8.55. The molecule has 20 heavy (non-hydrogen) atoms. The molecular formula is C12H8N6OS. The fraction of sp³-hybridized carbons (Fsp3) is 0.0833. The first-order valence-corrected chi connectivity index (χ1v) is 6.69. The zero-order valence-electron chi connectivity index (χ0n) is 10.4. The maximum Gasteiger partial charge on any atom is 0.352 e. The van der Waals surface area contributed by atoms with E-state index < -0.39 is 0 Å². The van der Waals surface area contributed by atoms with Crippen LogP contribution in [0, 0.1) is 0 Å². The van der Waals surface area contributed by atoms with Crippen molar-refractivity contribution in [2.45, 2.75) is 0 Å². The quantitative estimate of drug-likeness (QED) is 0.523. The van der Waals surface area contributed by atoms with Gasteiger partial charge in [-0.15, -0.1) is 16.4 Å². The normalized spacial score (nSPS) is 11.4. The van der Waals surface area contributed by atoms with E-state index in [0.29, 0.717) is 11.3 Å². The van der Waals surface area contributed by atoms with Crippen LogP contribution in [-0.2, 0) is 7.05 Å². The average Bonchev–Trinajstić information content (AvgIpc) is 3.06. The fourth-order valence-electron chi connectivity index (χ4n) is 2.01. The predicted octanol–water partition coefficient (Wildman–Crippen LogP) is 1.10. The van der Waals surface area contributed by atoms with Crippen LogP contribution < -0.4 is 5.69 Å². The van der Waals surface area contributed by atoms with Crippen LogP contribution in [0.2, 0.25) is 0 Å². The molecule has 0 N–H and O–H groups in total. The molecule has 0 spiro atoms. The minimum Gasteiger partial charge on any atom is -0.245 e. The summed E-state index contributed by atoms with van der Waals surface area (Å²) in [4.78, 5) is 20.7. The molecule has 4 aromatic rings. The second-order valence-corrected chi connectivity index (χ2v) is 5.30. The Morgan fingerprint density at radius 1 is 1.25 bits per heavy atom. The fourth-order valence-corrected chi connectivity index (χ4v) is 2.96. The van der Waals surface area contributed by atoms with E-state index in [1.807, 2.05) is 24.3 Å². The summed E-state index contributed by atoms with van der Waals surface area (Å²) in [6.07, 6.45) is 1.45. The third kappa shape index (κ3) is 1.48. The second kappa shape index (κ2) is 3.94. The molecule has 3 aromatic heterocycles. The van der Waals surface area contributed by atoms with Gasteiger partial charge in [-0.05, 0) is 12.1 Å². The lowest BCUT2D eigenvalue weighted by Gasteiger charge is -1.95. The van der Waals surface area contributed by atoms with Crippen molar-refractivity contribution in [3.05, 3.63) is 41.1 Å². The average molecular weight is 284 g/mol. The Balaban J connectivity index is 2.02. The number of hydrogen-bond acceptors (Lipinski definition) is 6. The number of fused-ring (bicyclic) bond motifs is 2. The number of benzene rings is 1. The second-order valence-electron chi connectivity index (χ2n) is 4.27. The van der Waals surface area contributed by atoms with E-state index in [0.717, 1.165) is 19.9 Å². The van der Waals surface area contributed by atoms with Crippen LogP contribution in [-0.4, -0.2) is 29.4 Å². The van der Waals surface area contributed by atoms with Crippen molar-refractivity contribution in [2.75, 3.05) is 0 Å². The van der Waals surface area contributed by atoms with E-state index in [4.69, 9.17) is 0 Å². The predicted molar refractivity (Wildman–Crippen MR) is 74.6 cm³/mol. The minimum absolute atomic E-state index is 0.283. The summed E-state index contributed by atoms with van der Waals surface area (Å²) in [5.41, 5.74) is 1.63. The largest absolute Gasteiger partial charge is 0.352 e. The van der Waals surface area contributed by atoms with Crippen LogP contribution in [0.1, 0.15) is 0 Å².